The molecule has 334 valence electrons. The number of hydrogen-bond donors (Lipinski definition) is 2. The Kier molecular flexibility index (Phi) is 14.8. The van der Waals surface area contributed by atoms with Crippen molar-refractivity contribution in [3.63, 3.8) is 0 Å². The molecule has 12 aromatic rings. The van der Waals surface area contributed by atoms with Gasteiger partial charge in [0.1, 0.15) is 0 Å². The second kappa shape index (κ2) is 21.1. The molecule has 2 N–H and O–H groups in total. The number of hydrogen-bond acceptors (Lipinski definition) is 14. The molecule has 0 amide bonds. The summed E-state index contributed by atoms with van der Waals surface area (Å²) < 4.78 is 11.4. The number of anilines is 2. The minimum Gasteiger partial charge on any atom is -0.395 e. The number of carbonyl (C=O) groups is 1. The van der Waals surface area contributed by atoms with Gasteiger partial charge in [-0.1, -0.05) is 0 Å². The summed E-state index contributed by atoms with van der Waals surface area (Å²) in [5.74, 6) is 0. The lowest BCUT2D eigenvalue weighted by atomic mass is 10.2. The summed E-state index contributed by atoms with van der Waals surface area (Å²) in [5, 5.41) is 45.6. The molecule has 0 aliphatic heterocycles. The Morgan fingerprint density at radius 2 is 0.985 bits per heavy atom. The Morgan fingerprint density at radius 1 is 0.582 bits per heavy atom. The third-order valence-electron chi connectivity index (χ3n) is 10.7. The van der Waals surface area contributed by atoms with Gasteiger partial charge in [-0.2, -0.15) is 0 Å². The van der Waals surface area contributed by atoms with Crippen LogP contribution in [0.25, 0.3) is 91.6 Å². The van der Waals surface area contributed by atoms with Crippen LogP contribution >= 0.6 is 107 Å². The zero-order valence-electron chi connectivity index (χ0n) is 35.7. The van der Waals surface area contributed by atoms with Crippen molar-refractivity contribution in [2.24, 2.45) is 0 Å². The summed E-state index contributed by atoms with van der Waals surface area (Å²) in [6, 6.07) is 36.4. The minimum absolute atomic E-state index is 0.103. The van der Waals surface area contributed by atoms with Gasteiger partial charge in [0.15, 0.2) is 6.29 Å². The fraction of sp³-hybridized carbons (Fsp3) is 0.118. The van der Waals surface area contributed by atoms with Gasteiger partial charge in [0.2, 0.25) is 0 Å². The fourth-order valence-corrected chi connectivity index (χ4v) is 15.7. The Bertz CT molecular complexity index is 3570. The van der Waals surface area contributed by atoms with Crippen molar-refractivity contribution < 1.29 is 15.0 Å². The van der Waals surface area contributed by atoms with Gasteiger partial charge in [-0.05, 0) is 178 Å². The predicted octanol–water partition coefficient (Wildman–Crippen LogP) is 16.7. The third kappa shape index (κ3) is 10.7. The van der Waals surface area contributed by atoms with Gasteiger partial charge in [0.05, 0.1) is 44.5 Å². The Balaban J connectivity index is 0.000000115. The first kappa shape index (κ1) is 47.0. The number of benzene rings is 4. The highest BCUT2D eigenvalue weighted by Crippen LogP contribution is 2.40. The zero-order chi connectivity index (χ0) is 46.6. The maximum Gasteiger partial charge on any atom is 0.263 e. The normalized spacial score (nSPS) is 11.4. The number of aldehydes is 1. The molecule has 7 nitrogen and oxygen atoms in total. The first-order chi connectivity index (χ1) is 32.6. The second-order valence-corrected chi connectivity index (χ2v) is 24.8. The van der Waals surface area contributed by atoms with E-state index in [0.29, 0.717) is 13.1 Å². The highest BCUT2D eigenvalue weighted by molar-refractivity contribution is 9.11. The van der Waals surface area contributed by atoms with E-state index in [1.54, 1.807) is 62.8 Å². The van der Waals surface area contributed by atoms with Crippen LogP contribution in [0.15, 0.2) is 123 Å². The van der Waals surface area contributed by atoms with Crippen molar-refractivity contribution in [2.45, 2.75) is 0 Å². The Morgan fingerprint density at radius 3 is 1.48 bits per heavy atom. The van der Waals surface area contributed by atoms with Crippen LogP contribution in [0.3, 0.4) is 0 Å². The van der Waals surface area contributed by atoms with E-state index in [0.717, 1.165) is 46.2 Å². The number of rotatable bonds is 8. The van der Waals surface area contributed by atoms with E-state index in [-0.39, 0.29) is 18.9 Å². The molecule has 0 aliphatic carbocycles. The molecule has 4 aromatic carbocycles. The monoisotopic (exact) mass is 1090 g/mol. The summed E-state index contributed by atoms with van der Waals surface area (Å²) in [6.45, 7) is 8.49. The molecule has 0 unspecified atom stereocenters. The largest absolute Gasteiger partial charge is 0.395 e. The van der Waals surface area contributed by atoms with Crippen molar-refractivity contribution in [2.75, 3.05) is 50.2 Å². The van der Waals surface area contributed by atoms with Crippen molar-refractivity contribution >= 4 is 210 Å². The number of allylic oxidation sites excluding steroid dienone is 1. The molecule has 0 fully saturated rings. The molecule has 12 rings (SSSR count). The Labute approximate surface area is 426 Å². The van der Waals surface area contributed by atoms with Crippen LogP contribution in [-0.4, -0.2) is 56.9 Å². The highest BCUT2D eigenvalue weighted by atomic mass is 79.9. The average Bonchev–Trinajstić information content (AvgIpc) is 4.18. The van der Waals surface area contributed by atoms with E-state index >= 15 is 0 Å². The molecule has 0 atom stereocenters. The zero-order valence-corrected chi connectivity index (χ0v) is 43.8. The van der Waals surface area contributed by atoms with Crippen LogP contribution in [0.5, 0.6) is 0 Å². The fourth-order valence-electron chi connectivity index (χ4n) is 7.30. The van der Waals surface area contributed by atoms with E-state index in [1.807, 2.05) is 59.9 Å². The van der Waals surface area contributed by atoms with Crippen molar-refractivity contribution in [3.05, 3.63) is 144 Å². The molecule has 0 saturated heterocycles. The maximum absolute atomic E-state index is 10.8. The van der Waals surface area contributed by atoms with Gasteiger partial charge in [-0.3, -0.25) is 4.79 Å². The summed E-state index contributed by atoms with van der Waals surface area (Å²) >= 11 is 17.2. The van der Waals surface area contributed by atoms with Crippen LogP contribution in [-0.2, 0) is 0 Å². The number of nitrogens with zero attached hydrogens (tertiary/aromatic N) is 4. The van der Waals surface area contributed by atoms with E-state index in [2.05, 4.69) is 127 Å². The lowest BCUT2D eigenvalue weighted by Crippen LogP contribution is -2.19. The Hall–Kier alpha value is -5.05. The number of carbonyl (C=O) groups excluding carboxylic acids is 1. The number of fused-ring (bicyclic) bond motifs is 8. The van der Waals surface area contributed by atoms with Gasteiger partial charge in [0, 0.05) is 69.7 Å². The second-order valence-electron chi connectivity index (χ2n) is 15.2. The summed E-state index contributed by atoms with van der Waals surface area (Å²) in [5.41, 5.74) is 0.103. The molecular weight excluding hydrogens is 1050 g/mol. The molecule has 0 spiro atoms. The molecule has 16 heteroatoms. The van der Waals surface area contributed by atoms with E-state index in [1.165, 1.54) is 75.6 Å². The first-order valence-corrected chi connectivity index (χ1v) is 28.1. The summed E-state index contributed by atoms with van der Waals surface area (Å²) in [6.07, 6.45) is 2.53. The summed E-state index contributed by atoms with van der Waals surface area (Å²) in [7, 11) is 3.95. The lowest BCUT2D eigenvalue weighted by Gasteiger charge is -2.14. The number of halogens is 1. The van der Waals surface area contributed by atoms with E-state index < -0.39 is 0 Å². The number of nitriles is 1. The maximum atomic E-state index is 10.8. The van der Waals surface area contributed by atoms with Crippen LogP contribution < -0.4 is 9.80 Å². The van der Waals surface area contributed by atoms with E-state index in [9.17, 15) is 4.79 Å². The quantitative estimate of drug-likeness (QED) is 0.0895. The lowest BCUT2D eigenvalue weighted by molar-refractivity contribution is 0.112. The van der Waals surface area contributed by atoms with Gasteiger partial charge in [-0.15, -0.1) is 90.7 Å². The van der Waals surface area contributed by atoms with Crippen LogP contribution in [0.2, 0.25) is 0 Å². The molecule has 8 heterocycles. The topological polar surface area (TPSA) is 92.2 Å². The number of likely N-dealkylation sites (N-methyl/N-ethyl adjacent to an activating group) is 2. The van der Waals surface area contributed by atoms with Crippen LogP contribution in [0, 0.1) is 17.9 Å². The number of aliphatic hydroxyl groups is 2. The van der Waals surface area contributed by atoms with Gasteiger partial charge >= 0.3 is 0 Å². The predicted molar refractivity (Wildman–Crippen MR) is 303 cm³/mol. The number of aliphatic hydroxyl groups excluding tert-OH is 2. The van der Waals surface area contributed by atoms with Gasteiger partial charge in [0.25, 0.3) is 5.70 Å². The third-order valence-corrected chi connectivity index (χ3v) is 19.4. The summed E-state index contributed by atoms with van der Waals surface area (Å²) in [4.78, 5) is 19.8. The smallest absolute Gasteiger partial charge is 0.263 e. The average molecular weight is 1090 g/mol. The minimum atomic E-state index is 0.103. The van der Waals surface area contributed by atoms with Crippen molar-refractivity contribution in [1.82, 2.24) is 0 Å². The molecule has 0 saturated carbocycles. The van der Waals surface area contributed by atoms with Crippen molar-refractivity contribution in [3.8, 4) is 6.07 Å². The number of thiophene rings is 8. The molecule has 0 bridgehead atoms. The molecule has 0 aliphatic rings. The van der Waals surface area contributed by atoms with Crippen molar-refractivity contribution in [1.29, 1.82) is 5.26 Å². The highest BCUT2D eigenvalue weighted by Gasteiger charge is 2.11. The van der Waals surface area contributed by atoms with Crippen LogP contribution in [0.1, 0.15) is 14.5 Å². The van der Waals surface area contributed by atoms with Crippen LogP contribution in [0.4, 0.5) is 10.0 Å². The standard InChI is InChI=1S/C17H13N3OS2.C14H13NO2S2.C10H5BrS2.C10H6S2/c1-19-13(10-18)8-14-6-11-5-12-7-17(20(2)3-4-21)23-16(12)9-15(11)22-14;1-15(2-3-16)14-6-10-4-9-5-11(8-17)18-12(9)7-13(10)19-14;11-10-4-7-3-6-1-2-12-8(6)5-9(7)13-10;1-3-11-9-6-10-8(2-4-12-10)5-7(1)9/h5-9,21H,3-4H2,2H3;4-8,16H,2-3H2,1H3;1-5H;1-6H/b13-8-;;;. The van der Waals surface area contributed by atoms with Gasteiger partial charge in [-0.25, -0.2) is 10.1 Å². The molecule has 67 heavy (non-hydrogen) atoms. The van der Waals surface area contributed by atoms with Gasteiger partial charge < -0.3 is 20.0 Å². The molecule has 8 aromatic heterocycles. The molecular formula is C51H37BrN4O3S8. The first-order valence-electron chi connectivity index (χ1n) is 20.6. The SMILES string of the molecule is Brc1cc2cc3ccsc3cc2s1.CN(CCO)c1cc2cc3cc(C=O)sc3cc2s1.[C-]#[N+]/C(C#N)=C\c1cc2cc3cc(N(C)CCO)sc3cc2s1.c1cc2cc3ccsc3cc2s1. The van der Waals surface area contributed by atoms with E-state index in [4.69, 9.17) is 22.0 Å². The molecule has 0 radical (unpaired) electrons.